The summed E-state index contributed by atoms with van der Waals surface area (Å²) in [6.07, 6.45) is 4.50. The molecular formula is C6H16Br2N2. The third kappa shape index (κ3) is 4.66. The van der Waals surface area contributed by atoms with E-state index in [1.807, 2.05) is 0 Å². The van der Waals surface area contributed by atoms with Gasteiger partial charge in [0.05, 0.1) is 0 Å². The Morgan fingerprint density at radius 2 is 0.900 bits per heavy atom. The molecule has 0 atom stereocenters. The molecule has 1 saturated carbocycles. The van der Waals surface area contributed by atoms with Crippen LogP contribution in [0.1, 0.15) is 25.7 Å². The van der Waals surface area contributed by atoms with Gasteiger partial charge >= 0.3 is 0 Å². The van der Waals surface area contributed by atoms with Crippen molar-refractivity contribution in [1.82, 2.24) is 0 Å². The molecule has 1 aliphatic carbocycles. The number of halogens is 2. The van der Waals surface area contributed by atoms with Crippen LogP contribution in [0.25, 0.3) is 0 Å². The van der Waals surface area contributed by atoms with Gasteiger partial charge in [-0.25, -0.2) is 0 Å². The molecule has 0 spiro atoms. The maximum atomic E-state index is 5.64. The van der Waals surface area contributed by atoms with E-state index >= 15 is 0 Å². The van der Waals surface area contributed by atoms with Crippen molar-refractivity contribution in [2.24, 2.45) is 11.5 Å². The monoisotopic (exact) mass is 274 g/mol. The van der Waals surface area contributed by atoms with Crippen LogP contribution in [0.3, 0.4) is 0 Å². The largest absolute Gasteiger partial charge is 0.328 e. The second-order valence-electron chi connectivity index (χ2n) is 2.67. The highest BCUT2D eigenvalue weighted by Gasteiger charge is 2.13. The molecule has 4 heteroatoms. The Morgan fingerprint density at radius 3 is 1.10 bits per heavy atom. The van der Waals surface area contributed by atoms with Crippen LogP contribution >= 0.6 is 34.0 Å². The van der Waals surface area contributed by atoms with Gasteiger partial charge in [-0.3, -0.25) is 0 Å². The van der Waals surface area contributed by atoms with Crippen molar-refractivity contribution < 1.29 is 0 Å². The van der Waals surface area contributed by atoms with E-state index in [-0.39, 0.29) is 34.0 Å². The van der Waals surface area contributed by atoms with Gasteiger partial charge in [-0.1, -0.05) is 0 Å². The van der Waals surface area contributed by atoms with Crippen molar-refractivity contribution in [3.8, 4) is 0 Å². The molecule has 0 aromatic rings. The van der Waals surface area contributed by atoms with Crippen LogP contribution < -0.4 is 11.5 Å². The SMILES string of the molecule is Br.Br.NC1CCC(N)CC1. The topological polar surface area (TPSA) is 52.0 Å². The van der Waals surface area contributed by atoms with Crippen LogP contribution in [0.5, 0.6) is 0 Å². The Labute approximate surface area is 83.3 Å². The van der Waals surface area contributed by atoms with Crippen LogP contribution in [-0.4, -0.2) is 12.1 Å². The molecule has 10 heavy (non-hydrogen) atoms. The Hall–Kier alpha value is 0.880. The van der Waals surface area contributed by atoms with Gasteiger partial charge in [0.15, 0.2) is 0 Å². The lowest BCUT2D eigenvalue weighted by Crippen LogP contribution is -2.33. The molecule has 0 aromatic heterocycles. The summed E-state index contributed by atoms with van der Waals surface area (Å²) in [5.41, 5.74) is 11.3. The lowest BCUT2D eigenvalue weighted by Gasteiger charge is -2.22. The Balaban J connectivity index is 0. The third-order valence-corrected chi connectivity index (χ3v) is 1.82. The zero-order chi connectivity index (χ0) is 5.98. The molecule has 0 aliphatic heterocycles. The van der Waals surface area contributed by atoms with Crippen LogP contribution in [0.4, 0.5) is 0 Å². The lowest BCUT2D eigenvalue weighted by molar-refractivity contribution is 0.395. The van der Waals surface area contributed by atoms with Gasteiger partial charge in [-0.05, 0) is 25.7 Å². The second-order valence-corrected chi connectivity index (χ2v) is 2.67. The minimum Gasteiger partial charge on any atom is -0.328 e. The summed E-state index contributed by atoms with van der Waals surface area (Å²) in [6.45, 7) is 0. The molecule has 0 amide bonds. The van der Waals surface area contributed by atoms with Crippen molar-refractivity contribution in [2.75, 3.05) is 0 Å². The number of hydrogen-bond acceptors (Lipinski definition) is 2. The van der Waals surface area contributed by atoms with Crippen LogP contribution in [0.15, 0.2) is 0 Å². The first-order chi connectivity index (χ1) is 3.79. The highest BCUT2D eigenvalue weighted by molar-refractivity contribution is 8.93. The van der Waals surface area contributed by atoms with Crippen molar-refractivity contribution in [1.29, 1.82) is 0 Å². The summed E-state index contributed by atoms with van der Waals surface area (Å²) < 4.78 is 0. The van der Waals surface area contributed by atoms with Crippen LogP contribution in [-0.2, 0) is 0 Å². The fraction of sp³-hybridized carbons (Fsp3) is 1.00. The summed E-state index contributed by atoms with van der Waals surface area (Å²) in [5, 5.41) is 0. The fourth-order valence-electron chi connectivity index (χ4n) is 1.14. The Morgan fingerprint density at radius 1 is 0.700 bits per heavy atom. The van der Waals surface area contributed by atoms with E-state index in [0.29, 0.717) is 12.1 Å². The highest BCUT2D eigenvalue weighted by Crippen LogP contribution is 2.14. The van der Waals surface area contributed by atoms with Gasteiger partial charge in [0.2, 0.25) is 0 Å². The van der Waals surface area contributed by atoms with Crippen LogP contribution in [0.2, 0.25) is 0 Å². The molecule has 64 valence electrons. The normalized spacial score (nSPS) is 31.8. The minimum absolute atomic E-state index is 0. The average Bonchev–Trinajstić information content (AvgIpc) is 1.77. The number of hydrogen-bond donors (Lipinski definition) is 2. The average molecular weight is 276 g/mol. The molecule has 0 heterocycles. The molecule has 0 saturated heterocycles. The van der Waals surface area contributed by atoms with E-state index in [1.165, 1.54) is 0 Å². The number of rotatable bonds is 0. The number of nitrogens with two attached hydrogens (primary N) is 2. The molecule has 1 aliphatic rings. The molecule has 0 bridgehead atoms. The van der Waals surface area contributed by atoms with Gasteiger partial charge in [0.25, 0.3) is 0 Å². The second kappa shape index (κ2) is 6.58. The summed E-state index contributed by atoms with van der Waals surface area (Å²) in [7, 11) is 0. The van der Waals surface area contributed by atoms with Gasteiger partial charge in [-0.2, -0.15) is 0 Å². The van der Waals surface area contributed by atoms with E-state index in [0.717, 1.165) is 25.7 Å². The van der Waals surface area contributed by atoms with E-state index < -0.39 is 0 Å². The van der Waals surface area contributed by atoms with Gasteiger partial charge in [0, 0.05) is 12.1 Å². The first-order valence-corrected chi connectivity index (χ1v) is 3.30. The molecule has 1 rings (SSSR count). The zero-order valence-electron chi connectivity index (χ0n) is 5.95. The summed E-state index contributed by atoms with van der Waals surface area (Å²) in [6, 6.07) is 0.879. The lowest BCUT2D eigenvalue weighted by atomic mass is 9.93. The molecule has 0 radical (unpaired) electrons. The van der Waals surface area contributed by atoms with Crippen molar-refractivity contribution in [3.05, 3.63) is 0 Å². The van der Waals surface area contributed by atoms with Crippen molar-refractivity contribution >= 4 is 34.0 Å². The first kappa shape index (κ1) is 13.5. The fourth-order valence-corrected chi connectivity index (χ4v) is 1.14. The molecule has 0 aromatic carbocycles. The first-order valence-electron chi connectivity index (χ1n) is 3.30. The Kier molecular flexibility index (Phi) is 8.86. The van der Waals surface area contributed by atoms with E-state index in [4.69, 9.17) is 11.5 Å². The third-order valence-electron chi connectivity index (χ3n) is 1.82. The maximum absolute atomic E-state index is 5.64. The van der Waals surface area contributed by atoms with Gasteiger partial charge < -0.3 is 11.5 Å². The minimum atomic E-state index is 0. The van der Waals surface area contributed by atoms with Crippen molar-refractivity contribution in [3.63, 3.8) is 0 Å². The predicted octanol–water partition coefficient (Wildman–Crippen LogP) is 1.37. The highest BCUT2D eigenvalue weighted by atomic mass is 79.9. The summed E-state index contributed by atoms with van der Waals surface area (Å²) >= 11 is 0. The predicted molar refractivity (Wildman–Crippen MR) is 55.1 cm³/mol. The molecule has 2 nitrogen and oxygen atoms in total. The van der Waals surface area contributed by atoms with E-state index in [2.05, 4.69) is 0 Å². The van der Waals surface area contributed by atoms with E-state index in [9.17, 15) is 0 Å². The van der Waals surface area contributed by atoms with Crippen LogP contribution in [0, 0.1) is 0 Å². The Bertz CT molecular complexity index is 62.1. The molecule has 0 unspecified atom stereocenters. The van der Waals surface area contributed by atoms with E-state index in [1.54, 1.807) is 0 Å². The zero-order valence-corrected chi connectivity index (χ0v) is 9.38. The standard InChI is InChI=1S/C6H14N2.2BrH/c7-5-1-2-6(8)4-3-5;;/h5-6H,1-4,7-8H2;2*1H. The molecule has 1 fully saturated rings. The van der Waals surface area contributed by atoms with Gasteiger partial charge in [-0.15, -0.1) is 34.0 Å². The maximum Gasteiger partial charge on any atom is 0.00399 e. The van der Waals surface area contributed by atoms with Crippen molar-refractivity contribution in [2.45, 2.75) is 37.8 Å². The summed E-state index contributed by atoms with van der Waals surface area (Å²) in [4.78, 5) is 0. The quantitative estimate of drug-likeness (QED) is 0.702. The molecular weight excluding hydrogens is 260 g/mol. The van der Waals surface area contributed by atoms with Gasteiger partial charge in [0.1, 0.15) is 0 Å². The smallest absolute Gasteiger partial charge is 0.00399 e. The molecule has 4 N–H and O–H groups in total. The summed E-state index contributed by atoms with van der Waals surface area (Å²) in [5.74, 6) is 0.